The Hall–Kier alpha value is -2.90. The highest BCUT2D eigenvalue weighted by atomic mass is 35.5. The molecule has 1 unspecified atom stereocenters. The van der Waals surface area contributed by atoms with Crippen molar-refractivity contribution in [2.45, 2.75) is 29.5 Å². The van der Waals surface area contributed by atoms with Crippen molar-refractivity contribution in [2.24, 2.45) is 0 Å². The molecular weight excluding hydrogens is 580 g/mol. The lowest BCUT2D eigenvalue weighted by molar-refractivity contribution is -0.0415. The summed E-state index contributed by atoms with van der Waals surface area (Å²) < 4.78 is 11.1. The average Bonchev–Trinajstić information content (AvgIpc) is 3.76. The molecule has 2 heterocycles. The number of halogens is 1. The van der Waals surface area contributed by atoms with Crippen LogP contribution >= 0.6 is 34.7 Å². The largest absolute Gasteiger partial charge is 0.380 e. The third-order valence-electron chi connectivity index (χ3n) is 7.80. The van der Waals surface area contributed by atoms with E-state index < -0.39 is 10.3 Å². The van der Waals surface area contributed by atoms with E-state index >= 15 is 0 Å². The predicted molar refractivity (Wildman–Crippen MR) is 174 cm³/mol. The molecule has 3 nitrogen and oxygen atoms in total. The van der Waals surface area contributed by atoms with E-state index in [0.29, 0.717) is 24.7 Å². The number of aliphatic hydroxyl groups is 1. The molecule has 1 aliphatic heterocycles. The number of thiophene rings is 1. The van der Waals surface area contributed by atoms with Gasteiger partial charge in [-0.2, -0.15) is 0 Å². The minimum Gasteiger partial charge on any atom is -0.380 e. The standard InChI is InChI=1S/C36H33ClO3S2/c37-32-19-10-18-30(24-32)35(38,31-25-33(41-26-31)34-39-21-22-40-34)20-11-23-42-36(27-12-4-1-5-13-27,28-14-6-2-7-15-28)29-16-8-3-9-17-29/h1-10,12-19,24-26,34,38H,11,20-23H2. The first kappa shape index (κ1) is 29.2. The van der Waals surface area contributed by atoms with Crippen LogP contribution in [0.25, 0.3) is 0 Å². The highest BCUT2D eigenvalue weighted by Gasteiger charge is 2.38. The summed E-state index contributed by atoms with van der Waals surface area (Å²) in [6.07, 6.45) is 0.951. The summed E-state index contributed by atoms with van der Waals surface area (Å²) in [5, 5.41) is 15.0. The maximum absolute atomic E-state index is 12.4. The van der Waals surface area contributed by atoms with Crippen molar-refractivity contribution in [1.82, 2.24) is 0 Å². The smallest absolute Gasteiger partial charge is 0.193 e. The van der Waals surface area contributed by atoms with E-state index in [0.717, 1.165) is 28.2 Å². The zero-order valence-electron chi connectivity index (χ0n) is 23.2. The van der Waals surface area contributed by atoms with E-state index in [-0.39, 0.29) is 6.29 Å². The van der Waals surface area contributed by atoms with Crippen LogP contribution in [-0.4, -0.2) is 24.1 Å². The molecule has 6 rings (SSSR count). The second-order valence-corrected chi connectivity index (χ2v) is 13.1. The fourth-order valence-electron chi connectivity index (χ4n) is 5.74. The van der Waals surface area contributed by atoms with Gasteiger partial charge in [0.1, 0.15) is 5.60 Å². The average molecular weight is 613 g/mol. The number of hydrogen-bond acceptors (Lipinski definition) is 5. The van der Waals surface area contributed by atoms with Gasteiger partial charge < -0.3 is 14.6 Å². The van der Waals surface area contributed by atoms with Crippen molar-refractivity contribution >= 4 is 34.7 Å². The summed E-state index contributed by atoms with van der Waals surface area (Å²) in [7, 11) is 0. The molecule has 214 valence electrons. The molecule has 0 radical (unpaired) electrons. The van der Waals surface area contributed by atoms with Crippen LogP contribution < -0.4 is 0 Å². The van der Waals surface area contributed by atoms with Crippen molar-refractivity contribution in [3.05, 3.63) is 164 Å². The Kier molecular flexibility index (Phi) is 9.15. The molecule has 5 aromatic rings. The zero-order chi connectivity index (χ0) is 28.8. The van der Waals surface area contributed by atoms with E-state index in [1.807, 2.05) is 47.5 Å². The molecule has 0 spiro atoms. The molecule has 1 N–H and O–H groups in total. The minimum atomic E-state index is -1.20. The topological polar surface area (TPSA) is 38.7 Å². The van der Waals surface area contributed by atoms with Gasteiger partial charge in [-0.15, -0.1) is 23.1 Å². The second kappa shape index (κ2) is 13.2. The van der Waals surface area contributed by atoms with Crippen LogP contribution in [0.1, 0.15) is 51.8 Å². The molecule has 6 heteroatoms. The van der Waals surface area contributed by atoms with Crippen LogP contribution in [-0.2, 0) is 19.8 Å². The monoisotopic (exact) mass is 612 g/mol. The molecule has 1 atom stereocenters. The van der Waals surface area contributed by atoms with E-state index in [1.165, 1.54) is 16.7 Å². The molecular formula is C36H33ClO3S2. The van der Waals surface area contributed by atoms with Crippen LogP contribution in [0.4, 0.5) is 0 Å². The highest BCUT2D eigenvalue weighted by Crippen LogP contribution is 2.49. The van der Waals surface area contributed by atoms with Gasteiger partial charge >= 0.3 is 0 Å². The number of rotatable bonds is 11. The van der Waals surface area contributed by atoms with Crippen molar-refractivity contribution < 1.29 is 14.6 Å². The van der Waals surface area contributed by atoms with E-state index in [4.69, 9.17) is 21.1 Å². The van der Waals surface area contributed by atoms with Gasteiger partial charge in [0.05, 0.1) is 22.8 Å². The first-order valence-corrected chi connectivity index (χ1v) is 16.4. The number of thioether (sulfide) groups is 1. The predicted octanol–water partition coefficient (Wildman–Crippen LogP) is 9.19. The quantitative estimate of drug-likeness (QED) is 0.119. The van der Waals surface area contributed by atoms with Crippen molar-refractivity contribution in [1.29, 1.82) is 0 Å². The Balaban J connectivity index is 1.32. The Morgan fingerprint density at radius 3 is 1.81 bits per heavy atom. The van der Waals surface area contributed by atoms with Crippen molar-refractivity contribution in [3.8, 4) is 0 Å². The van der Waals surface area contributed by atoms with Gasteiger partial charge in [-0.1, -0.05) is 115 Å². The van der Waals surface area contributed by atoms with Crippen LogP contribution in [0.5, 0.6) is 0 Å². The lowest BCUT2D eigenvalue weighted by Crippen LogP contribution is -2.28. The van der Waals surface area contributed by atoms with E-state index in [1.54, 1.807) is 11.3 Å². The summed E-state index contributed by atoms with van der Waals surface area (Å²) in [6, 6.07) is 41.8. The second-order valence-electron chi connectivity index (χ2n) is 10.4. The fraction of sp³-hybridized carbons (Fsp3) is 0.222. The van der Waals surface area contributed by atoms with Crippen molar-refractivity contribution in [3.63, 3.8) is 0 Å². The van der Waals surface area contributed by atoms with Crippen LogP contribution in [0.15, 0.2) is 127 Å². The lowest BCUT2D eigenvalue weighted by Gasteiger charge is -2.36. The van der Waals surface area contributed by atoms with Crippen LogP contribution in [0, 0.1) is 0 Å². The molecule has 42 heavy (non-hydrogen) atoms. The maximum atomic E-state index is 12.4. The zero-order valence-corrected chi connectivity index (χ0v) is 25.6. The molecule has 0 saturated carbocycles. The van der Waals surface area contributed by atoms with E-state index in [2.05, 4.69) is 91.0 Å². The van der Waals surface area contributed by atoms with Gasteiger partial charge in [-0.25, -0.2) is 0 Å². The fourth-order valence-corrected chi connectivity index (χ4v) is 8.40. The van der Waals surface area contributed by atoms with Gasteiger partial charge in [0.2, 0.25) is 0 Å². The molecule has 1 aromatic heterocycles. The third kappa shape index (κ3) is 5.96. The number of hydrogen-bond donors (Lipinski definition) is 1. The van der Waals surface area contributed by atoms with Gasteiger partial charge in [-0.3, -0.25) is 0 Å². The van der Waals surface area contributed by atoms with Crippen LogP contribution in [0.3, 0.4) is 0 Å². The van der Waals surface area contributed by atoms with Gasteiger partial charge in [-0.05, 0) is 70.0 Å². The Morgan fingerprint density at radius 2 is 1.26 bits per heavy atom. The maximum Gasteiger partial charge on any atom is 0.193 e. The summed E-state index contributed by atoms with van der Waals surface area (Å²) >= 11 is 9.89. The number of benzene rings is 4. The SMILES string of the molecule is OC(CCCSC(c1ccccc1)(c1ccccc1)c1ccccc1)(c1cccc(Cl)c1)c1csc(C2OCCO2)c1. The lowest BCUT2D eigenvalue weighted by atomic mass is 9.84. The summed E-state index contributed by atoms with van der Waals surface area (Å²) in [6.45, 7) is 1.17. The van der Waals surface area contributed by atoms with Gasteiger partial charge in [0.25, 0.3) is 0 Å². The third-order valence-corrected chi connectivity index (χ3v) is 10.6. The van der Waals surface area contributed by atoms with E-state index in [9.17, 15) is 5.11 Å². The molecule has 4 aromatic carbocycles. The molecule has 0 aliphatic carbocycles. The molecule has 1 fully saturated rings. The van der Waals surface area contributed by atoms with Gasteiger partial charge in [0, 0.05) is 5.02 Å². The molecule has 1 saturated heterocycles. The Morgan fingerprint density at radius 1 is 0.714 bits per heavy atom. The minimum absolute atomic E-state index is 0.369. The van der Waals surface area contributed by atoms with Crippen LogP contribution in [0.2, 0.25) is 5.02 Å². The molecule has 0 amide bonds. The summed E-state index contributed by atoms with van der Waals surface area (Å²) in [5.74, 6) is 0.827. The highest BCUT2D eigenvalue weighted by molar-refractivity contribution is 8.00. The first-order valence-electron chi connectivity index (χ1n) is 14.2. The summed E-state index contributed by atoms with van der Waals surface area (Å²) in [4.78, 5) is 0.966. The molecule has 1 aliphatic rings. The van der Waals surface area contributed by atoms with Crippen molar-refractivity contribution in [2.75, 3.05) is 19.0 Å². The first-order chi connectivity index (χ1) is 20.6. The Labute approximate surface area is 261 Å². The Bertz CT molecular complexity index is 1470. The summed E-state index contributed by atoms with van der Waals surface area (Å²) in [5.41, 5.74) is 4.13. The normalized spacial score (nSPS) is 15.5. The molecule has 0 bridgehead atoms. The number of ether oxygens (including phenoxy) is 2. The van der Waals surface area contributed by atoms with Gasteiger partial charge in [0.15, 0.2) is 6.29 Å².